The van der Waals surface area contributed by atoms with Crippen LogP contribution in [0.1, 0.15) is 37.3 Å². The summed E-state index contributed by atoms with van der Waals surface area (Å²) in [4.78, 5) is 0. The molecular weight excluding hydrogens is 306 g/mol. The van der Waals surface area contributed by atoms with Crippen molar-refractivity contribution in [2.45, 2.75) is 50.9 Å². The average Bonchev–Trinajstić information content (AvgIpc) is 2.76. The van der Waals surface area contributed by atoms with Gasteiger partial charge in [0, 0.05) is 22.3 Å². The Hall–Kier alpha value is 0.01000. The van der Waals surface area contributed by atoms with Gasteiger partial charge in [0.25, 0.3) is 0 Å². The second-order valence-corrected chi connectivity index (χ2v) is 7.38. The summed E-state index contributed by atoms with van der Waals surface area (Å²) in [5.41, 5.74) is 2.68. The molecule has 1 aromatic carbocycles. The highest BCUT2D eigenvalue weighted by molar-refractivity contribution is 9.10. The molecule has 2 unspecified atom stereocenters. The molecule has 0 aromatic heterocycles. The van der Waals surface area contributed by atoms with Gasteiger partial charge in [-0.3, -0.25) is 0 Å². The van der Waals surface area contributed by atoms with E-state index in [1.165, 1.54) is 40.6 Å². The molecule has 2 atom stereocenters. The van der Waals surface area contributed by atoms with Gasteiger partial charge in [-0.2, -0.15) is 11.8 Å². The van der Waals surface area contributed by atoms with Crippen molar-refractivity contribution in [1.29, 1.82) is 0 Å². The molecule has 0 aliphatic heterocycles. The number of nitrogens with one attached hydrogen (secondary N) is 1. The van der Waals surface area contributed by atoms with Crippen molar-refractivity contribution in [1.82, 2.24) is 5.32 Å². The van der Waals surface area contributed by atoms with E-state index in [4.69, 9.17) is 0 Å². The summed E-state index contributed by atoms with van der Waals surface area (Å²) in [6, 6.07) is 7.31. The minimum absolute atomic E-state index is 0.697. The van der Waals surface area contributed by atoms with Crippen molar-refractivity contribution < 1.29 is 0 Å². The first-order valence-electron chi connectivity index (χ1n) is 6.80. The Morgan fingerprint density at radius 1 is 1.39 bits per heavy atom. The van der Waals surface area contributed by atoms with Crippen LogP contribution in [-0.4, -0.2) is 17.0 Å². The van der Waals surface area contributed by atoms with E-state index in [0.717, 1.165) is 11.8 Å². The molecule has 2 rings (SSSR count). The zero-order chi connectivity index (χ0) is 13.0. The van der Waals surface area contributed by atoms with Crippen molar-refractivity contribution in [2.75, 3.05) is 5.75 Å². The Morgan fingerprint density at radius 2 is 2.22 bits per heavy atom. The van der Waals surface area contributed by atoms with E-state index in [0.29, 0.717) is 6.04 Å². The Labute approximate surface area is 123 Å². The Morgan fingerprint density at radius 3 is 2.94 bits per heavy atom. The predicted octanol–water partition coefficient (Wildman–Crippen LogP) is 4.52. The van der Waals surface area contributed by atoms with E-state index in [-0.39, 0.29) is 0 Å². The number of hydrogen-bond donors (Lipinski definition) is 1. The second-order valence-electron chi connectivity index (χ2n) is 5.01. The number of aryl methyl sites for hydroxylation is 1. The van der Waals surface area contributed by atoms with Gasteiger partial charge in [-0.1, -0.05) is 41.4 Å². The quantitative estimate of drug-likeness (QED) is 0.853. The fourth-order valence-electron chi connectivity index (χ4n) is 2.61. The van der Waals surface area contributed by atoms with Gasteiger partial charge >= 0.3 is 0 Å². The zero-order valence-electron chi connectivity index (χ0n) is 11.2. The smallest absolute Gasteiger partial charge is 0.0222 e. The van der Waals surface area contributed by atoms with Gasteiger partial charge in [-0.25, -0.2) is 0 Å². The summed E-state index contributed by atoms with van der Waals surface area (Å²) in [5.74, 6) is 1.23. The first kappa shape index (κ1) is 14.4. The van der Waals surface area contributed by atoms with Crippen LogP contribution in [0.5, 0.6) is 0 Å². The summed E-state index contributed by atoms with van der Waals surface area (Å²) < 4.78 is 1.23. The predicted molar refractivity (Wildman–Crippen MR) is 85.3 cm³/mol. The van der Waals surface area contributed by atoms with Crippen molar-refractivity contribution in [2.24, 2.45) is 0 Å². The minimum atomic E-state index is 0.697. The fraction of sp³-hybridized carbons (Fsp3) is 0.600. The highest BCUT2D eigenvalue weighted by Crippen LogP contribution is 2.30. The molecule has 0 radical (unpaired) electrons. The maximum absolute atomic E-state index is 3.74. The molecule has 100 valence electrons. The standard InChI is InChI=1S/C15H22BrNS/c1-3-18-15-6-4-5-14(15)17-10-12-8-7-11(2)9-13(12)16/h7-9,14-15,17H,3-6,10H2,1-2H3. The van der Waals surface area contributed by atoms with Crippen LogP contribution in [-0.2, 0) is 6.54 Å². The molecular formula is C15H22BrNS. The lowest BCUT2D eigenvalue weighted by molar-refractivity contribution is 0.531. The Balaban J connectivity index is 1.90. The number of benzene rings is 1. The molecule has 1 N–H and O–H groups in total. The number of halogens is 1. The molecule has 0 spiro atoms. The SMILES string of the molecule is CCSC1CCCC1NCc1ccc(C)cc1Br. The van der Waals surface area contributed by atoms with Crippen LogP contribution in [0.3, 0.4) is 0 Å². The lowest BCUT2D eigenvalue weighted by Crippen LogP contribution is -2.33. The molecule has 1 aliphatic rings. The van der Waals surface area contributed by atoms with Crippen LogP contribution >= 0.6 is 27.7 Å². The van der Waals surface area contributed by atoms with Gasteiger partial charge < -0.3 is 5.32 Å². The van der Waals surface area contributed by atoms with Crippen molar-refractivity contribution >= 4 is 27.7 Å². The highest BCUT2D eigenvalue weighted by Gasteiger charge is 2.26. The van der Waals surface area contributed by atoms with Gasteiger partial charge in [0.05, 0.1) is 0 Å². The van der Waals surface area contributed by atoms with Crippen LogP contribution in [0, 0.1) is 6.92 Å². The summed E-state index contributed by atoms with van der Waals surface area (Å²) >= 11 is 5.77. The molecule has 0 saturated heterocycles. The lowest BCUT2D eigenvalue weighted by atomic mass is 10.1. The maximum atomic E-state index is 3.74. The van der Waals surface area contributed by atoms with Gasteiger partial charge in [-0.15, -0.1) is 0 Å². The third kappa shape index (κ3) is 3.75. The molecule has 1 aromatic rings. The van der Waals surface area contributed by atoms with Crippen LogP contribution < -0.4 is 5.32 Å². The summed E-state index contributed by atoms with van der Waals surface area (Å²) in [5, 5.41) is 4.56. The lowest BCUT2D eigenvalue weighted by Gasteiger charge is -2.20. The topological polar surface area (TPSA) is 12.0 Å². The third-order valence-corrected chi connectivity index (χ3v) is 5.66. The average molecular weight is 328 g/mol. The summed E-state index contributed by atoms with van der Waals surface area (Å²) in [6.45, 7) is 5.37. The molecule has 18 heavy (non-hydrogen) atoms. The summed E-state index contributed by atoms with van der Waals surface area (Å²) in [6.07, 6.45) is 4.09. The van der Waals surface area contributed by atoms with Crippen molar-refractivity contribution in [3.05, 3.63) is 33.8 Å². The second kappa shape index (κ2) is 6.97. The zero-order valence-corrected chi connectivity index (χ0v) is 13.6. The van der Waals surface area contributed by atoms with Gasteiger partial charge in [0.1, 0.15) is 0 Å². The van der Waals surface area contributed by atoms with Crippen molar-refractivity contribution in [3.63, 3.8) is 0 Å². The molecule has 0 amide bonds. The molecule has 0 bridgehead atoms. The van der Waals surface area contributed by atoms with Crippen LogP contribution in [0.15, 0.2) is 22.7 Å². The van der Waals surface area contributed by atoms with Crippen molar-refractivity contribution in [3.8, 4) is 0 Å². The molecule has 1 saturated carbocycles. The molecule has 1 aliphatic carbocycles. The van der Waals surface area contributed by atoms with E-state index >= 15 is 0 Å². The van der Waals surface area contributed by atoms with Crippen LogP contribution in [0.2, 0.25) is 0 Å². The monoisotopic (exact) mass is 327 g/mol. The summed E-state index contributed by atoms with van der Waals surface area (Å²) in [7, 11) is 0. The van der Waals surface area contributed by atoms with E-state index in [1.54, 1.807) is 0 Å². The van der Waals surface area contributed by atoms with E-state index < -0.39 is 0 Å². The van der Waals surface area contributed by atoms with Crippen LogP contribution in [0.25, 0.3) is 0 Å². The molecule has 1 nitrogen and oxygen atoms in total. The molecule has 3 heteroatoms. The Kier molecular flexibility index (Phi) is 5.58. The first-order chi connectivity index (χ1) is 8.70. The van der Waals surface area contributed by atoms with Gasteiger partial charge in [0.15, 0.2) is 0 Å². The molecule has 0 heterocycles. The highest BCUT2D eigenvalue weighted by atomic mass is 79.9. The largest absolute Gasteiger partial charge is 0.309 e. The van der Waals surface area contributed by atoms with E-state index in [2.05, 4.69) is 65.1 Å². The van der Waals surface area contributed by atoms with Gasteiger partial charge in [-0.05, 0) is 42.7 Å². The first-order valence-corrected chi connectivity index (χ1v) is 8.65. The van der Waals surface area contributed by atoms with Gasteiger partial charge in [0.2, 0.25) is 0 Å². The number of hydrogen-bond acceptors (Lipinski definition) is 2. The Bertz CT molecular complexity index is 394. The van der Waals surface area contributed by atoms with E-state index in [1.807, 2.05) is 0 Å². The number of rotatable bonds is 5. The van der Waals surface area contributed by atoms with E-state index in [9.17, 15) is 0 Å². The fourth-order valence-corrected chi connectivity index (χ4v) is 4.47. The van der Waals surface area contributed by atoms with Crippen LogP contribution in [0.4, 0.5) is 0 Å². The normalized spacial score (nSPS) is 23.5. The molecule has 1 fully saturated rings. The maximum Gasteiger partial charge on any atom is 0.0222 e. The minimum Gasteiger partial charge on any atom is -0.309 e. The number of thioether (sulfide) groups is 1. The third-order valence-electron chi connectivity index (χ3n) is 3.60.